The Kier molecular flexibility index (Phi) is 3.88. The molecular weight excluding hydrogens is 304 g/mol. The molecule has 122 valence electrons. The lowest BCUT2D eigenvalue weighted by Gasteiger charge is -2.28. The van der Waals surface area contributed by atoms with Crippen LogP contribution in [0.15, 0.2) is 53.3 Å². The van der Waals surface area contributed by atoms with Crippen LogP contribution in [0.3, 0.4) is 0 Å². The summed E-state index contributed by atoms with van der Waals surface area (Å²) >= 11 is 0. The third-order valence-corrected chi connectivity index (χ3v) is 4.12. The van der Waals surface area contributed by atoms with Crippen molar-refractivity contribution in [3.05, 3.63) is 58.9 Å². The first-order valence-corrected chi connectivity index (χ1v) is 7.98. The van der Waals surface area contributed by atoms with Crippen molar-refractivity contribution >= 4 is 28.2 Å². The third-order valence-electron chi connectivity index (χ3n) is 4.12. The fraction of sp³-hybridized carbons (Fsp3) is 0.222. The molecule has 1 saturated heterocycles. The smallest absolute Gasteiger partial charge is 0.260 e. The maximum atomic E-state index is 12.1. The van der Waals surface area contributed by atoms with Gasteiger partial charge in [0.2, 0.25) is 5.95 Å². The molecule has 0 radical (unpaired) electrons. The van der Waals surface area contributed by atoms with Gasteiger partial charge in [-0.2, -0.15) is 0 Å². The number of benzene rings is 2. The van der Waals surface area contributed by atoms with E-state index in [-0.39, 0.29) is 5.56 Å². The van der Waals surface area contributed by atoms with Crippen LogP contribution < -0.4 is 15.8 Å². The van der Waals surface area contributed by atoms with Crippen molar-refractivity contribution in [1.29, 1.82) is 0 Å². The average molecular weight is 322 g/mol. The van der Waals surface area contributed by atoms with Gasteiger partial charge >= 0.3 is 0 Å². The van der Waals surface area contributed by atoms with Gasteiger partial charge in [0, 0.05) is 24.5 Å². The molecule has 2 N–H and O–H groups in total. The first kappa shape index (κ1) is 14.7. The number of para-hydroxylation sites is 1. The number of hydrogen-bond donors (Lipinski definition) is 2. The summed E-state index contributed by atoms with van der Waals surface area (Å²) in [5, 5.41) is 3.75. The summed E-state index contributed by atoms with van der Waals surface area (Å²) in [7, 11) is 0. The summed E-state index contributed by atoms with van der Waals surface area (Å²) in [6.45, 7) is 3.35. The van der Waals surface area contributed by atoms with Gasteiger partial charge in [-0.3, -0.25) is 9.78 Å². The predicted molar refractivity (Wildman–Crippen MR) is 95.1 cm³/mol. The fourth-order valence-electron chi connectivity index (χ4n) is 2.86. The summed E-state index contributed by atoms with van der Waals surface area (Å²) in [4.78, 5) is 21.6. The van der Waals surface area contributed by atoms with Crippen molar-refractivity contribution < 1.29 is 4.74 Å². The van der Waals surface area contributed by atoms with E-state index in [4.69, 9.17) is 4.74 Å². The van der Waals surface area contributed by atoms with Crippen LogP contribution in [0.4, 0.5) is 17.3 Å². The minimum absolute atomic E-state index is 0.145. The Morgan fingerprint density at radius 2 is 1.79 bits per heavy atom. The highest BCUT2D eigenvalue weighted by Crippen LogP contribution is 2.21. The van der Waals surface area contributed by atoms with Crippen LogP contribution in [-0.2, 0) is 4.74 Å². The fourth-order valence-corrected chi connectivity index (χ4v) is 2.86. The van der Waals surface area contributed by atoms with Crippen molar-refractivity contribution in [3.8, 4) is 0 Å². The van der Waals surface area contributed by atoms with E-state index in [1.165, 1.54) is 5.69 Å². The lowest BCUT2D eigenvalue weighted by molar-refractivity contribution is 0.122. The van der Waals surface area contributed by atoms with Gasteiger partial charge in [-0.1, -0.05) is 12.1 Å². The van der Waals surface area contributed by atoms with Gasteiger partial charge in [0.15, 0.2) is 0 Å². The number of morpholine rings is 1. The summed E-state index contributed by atoms with van der Waals surface area (Å²) < 4.78 is 5.37. The van der Waals surface area contributed by atoms with Gasteiger partial charge in [0.05, 0.1) is 24.1 Å². The largest absolute Gasteiger partial charge is 0.378 e. The zero-order chi connectivity index (χ0) is 16.4. The Morgan fingerprint density at radius 1 is 1.04 bits per heavy atom. The summed E-state index contributed by atoms with van der Waals surface area (Å²) in [6, 6.07) is 15.4. The van der Waals surface area contributed by atoms with Crippen LogP contribution in [0.2, 0.25) is 0 Å². The maximum Gasteiger partial charge on any atom is 0.260 e. The molecule has 1 aliphatic rings. The number of aromatic nitrogens is 2. The Morgan fingerprint density at radius 3 is 2.58 bits per heavy atom. The minimum atomic E-state index is -0.145. The van der Waals surface area contributed by atoms with Crippen LogP contribution in [0.5, 0.6) is 0 Å². The van der Waals surface area contributed by atoms with Crippen molar-refractivity contribution in [2.24, 2.45) is 0 Å². The zero-order valence-corrected chi connectivity index (χ0v) is 13.2. The third kappa shape index (κ3) is 2.96. The van der Waals surface area contributed by atoms with Gasteiger partial charge in [-0.15, -0.1) is 0 Å². The van der Waals surface area contributed by atoms with Gasteiger partial charge in [0.25, 0.3) is 5.56 Å². The van der Waals surface area contributed by atoms with Crippen molar-refractivity contribution in [1.82, 2.24) is 9.97 Å². The van der Waals surface area contributed by atoms with E-state index in [9.17, 15) is 4.79 Å². The van der Waals surface area contributed by atoms with E-state index < -0.39 is 0 Å². The summed E-state index contributed by atoms with van der Waals surface area (Å²) in [5.74, 6) is 0.442. The van der Waals surface area contributed by atoms with E-state index in [1.54, 1.807) is 6.07 Å². The SMILES string of the molecule is O=c1[nH]c(Nc2ccc(N3CCOCC3)cc2)nc2ccccc12. The van der Waals surface area contributed by atoms with E-state index >= 15 is 0 Å². The quantitative estimate of drug-likeness (QED) is 0.775. The normalized spacial score (nSPS) is 14.8. The number of anilines is 3. The molecule has 1 fully saturated rings. The molecule has 0 bridgehead atoms. The highest BCUT2D eigenvalue weighted by molar-refractivity contribution is 5.78. The Bertz CT molecular complexity index is 899. The second kappa shape index (κ2) is 6.33. The number of H-pyrrole nitrogens is 1. The number of rotatable bonds is 3. The van der Waals surface area contributed by atoms with Crippen LogP contribution >= 0.6 is 0 Å². The molecule has 24 heavy (non-hydrogen) atoms. The topological polar surface area (TPSA) is 70.2 Å². The van der Waals surface area contributed by atoms with E-state index in [1.807, 2.05) is 30.3 Å². The van der Waals surface area contributed by atoms with Crippen LogP contribution in [-0.4, -0.2) is 36.3 Å². The van der Waals surface area contributed by atoms with Crippen LogP contribution in [0.25, 0.3) is 10.9 Å². The molecule has 0 unspecified atom stereocenters. The van der Waals surface area contributed by atoms with Gasteiger partial charge in [0.1, 0.15) is 0 Å². The standard InChI is InChI=1S/C18H18N4O2/c23-17-15-3-1-2-4-16(15)20-18(21-17)19-13-5-7-14(8-6-13)22-9-11-24-12-10-22/h1-8H,9-12H2,(H2,19,20,21,23). The molecule has 2 heterocycles. The Hall–Kier alpha value is -2.86. The second-order valence-electron chi connectivity index (χ2n) is 5.70. The number of hydrogen-bond acceptors (Lipinski definition) is 5. The van der Waals surface area contributed by atoms with Crippen molar-refractivity contribution in [3.63, 3.8) is 0 Å². The highest BCUT2D eigenvalue weighted by Gasteiger charge is 2.11. The molecule has 4 rings (SSSR count). The average Bonchev–Trinajstić information content (AvgIpc) is 2.63. The molecule has 0 atom stereocenters. The Labute approximate surface area is 139 Å². The van der Waals surface area contributed by atoms with Crippen LogP contribution in [0, 0.1) is 0 Å². The maximum absolute atomic E-state index is 12.1. The molecule has 6 nitrogen and oxygen atoms in total. The molecular formula is C18H18N4O2. The number of aromatic amines is 1. The highest BCUT2D eigenvalue weighted by atomic mass is 16.5. The second-order valence-corrected chi connectivity index (χ2v) is 5.70. The predicted octanol–water partition coefficient (Wildman–Crippen LogP) is 2.50. The molecule has 0 spiro atoms. The number of fused-ring (bicyclic) bond motifs is 1. The van der Waals surface area contributed by atoms with Crippen LogP contribution in [0.1, 0.15) is 0 Å². The minimum Gasteiger partial charge on any atom is -0.378 e. The molecule has 6 heteroatoms. The molecule has 0 amide bonds. The molecule has 2 aromatic carbocycles. The summed E-state index contributed by atoms with van der Waals surface area (Å²) in [6.07, 6.45) is 0. The molecule has 1 aromatic heterocycles. The van der Waals surface area contributed by atoms with Crippen molar-refractivity contribution in [2.75, 3.05) is 36.5 Å². The lowest BCUT2D eigenvalue weighted by atomic mass is 10.2. The van der Waals surface area contributed by atoms with Gasteiger partial charge in [-0.05, 0) is 36.4 Å². The monoisotopic (exact) mass is 322 g/mol. The number of ether oxygens (including phenoxy) is 1. The molecule has 3 aromatic rings. The van der Waals surface area contributed by atoms with E-state index in [0.29, 0.717) is 16.9 Å². The first-order chi connectivity index (χ1) is 11.8. The van der Waals surface area contributed by atoms with E-state index in [0.717, 1.165) is 32.0 Å². The lowest BCUT2D eigenvalue weighted by Crippen LogP contribution is -2.36. The molecule has 0 saturated carbocycles. The zero-order valence-electron chi connectivity index (χ0n) is 13.2. The molecule has 0 aliphatic carbocycles. The number of nitrogens with zero attached hydrogens (tertiary/aromatic N) is 2. The van der Waals surface area contributed by atoms with Gasteiger partial charge in [-0.25, -0.2) is 4.98 Å². The Balaban J connectivity index is 1.56. The van der Waals surface area contributed by atoms with E-state index in [2.05, 4.69) is 32.3 Å². The van der Waals surface area contributed by atoms with Gasteiger partial charge < -0.3 is 15.0 Å². The number of nitrogens with one attached hydrogen (secondary N) is 2. The first-order valence-electron chi connectivity index (χ1n) is 7.98. The van der Waals surface area contributed by atoms with Crippen molar-refractivity contribution in [2.45, 2.75) is 0 Å². The molecule has 1 aliphatic heterocycles. The summed E-state index contributed by atoms with van der Waals surface area (Å²) in [5.41, 5.74) is 2.58.